The van der Waals surface area contributed by atoms with E-state index in [9.17, 15) is 9.90 Å². The van der Waals surface area contributed by atoms with Crippen molar-refractivity contribution in [2.75, 3.05) is 21.3 Å². The minimum Gasteiger partial charge on any atom is -0.508 e. The lowest BCUT2D eigenvalue weighted by Crippen LogP contribution is -2.08. The number of hydrogen-bond acceptors (Lipinski definition) is 6. The highest BCUT2D eigenvalue weighted by Crippen LogP contribution is 2.36. The van der Waals surface area contributed by atoms with Crippen LogP contribution in [-0.2, 0) is 0 Å². The first kappa shape index (κ1) is 15.7. The van der Waals surface area contributed by atoms with Crippen molar-refractivity contribution in [1.29, 1.82) is 0 Å². The number of methoxy groups -OCH3 is 3. The van der Waals surface area contributed by atoms with Crippen LogP contribution in [0.3, 0.4) is 0 Å². The van der Waals surface area contributed by atoms with E-state index in [2.05, 4.69) is 0 Å². The van der Waals surface area contributed by atoms with Gasteiger partial charge in [-0.1, -0.05) is 0 Å². The van der Waals surface area contributed by atoms with Crippen molar-refractivity contribution in [3.63, 3.8) is 0 Å². The molecule has 1 heterocycles. The highest BCUT2D eigenvalue weighted by Gasteiger charge is 2.19. The summed E-state index contributed by atoms with van der Waals surface area (Å²) in [6.07, 6.45) is 0. The van der Waals surface area contributed by atoms with Gasteiger partial charge >= 0.3 is 0 Å². The fourth-order valence-corrected chi connectivity index (χ4v) is 2.49. The predicted molar refractivity (Wildman–Crippen MR) is 89.2 cm³/mol. The molecule has 0 aliphatic heterocycles. The molecule has 6 nitrogen and oxygen atoms in total. The maximum atomic E-state index is 12.8. The van der Waals surface area contributed by atoms with Crippen LogP contribution >= 0.6 is 0 Å². The Morgan fingerprint density at radius 1 is 0.917 bits per heavy atom. The van der Waals surface area contributed by atoms with Crippen LogP contribution in [0.1, 0.15) is 0 Å². The van der Waals surface area contributed by atoms with Gasteiger partial charge in [-0.25, -0.2) is 0 Å². The molecule has 0 saturated carbocycles. The molecule has 0 unspecified atom stereocenters. The standard InChI is InChI=1S/C18H16O6/c1-21-14-8-12-13(9-15(14)22-2)24-17(18(23-3)16(12)20)10-4-6-11(19)7-5-10/h4-9,19H,1-3H3. The Labute approximate surface area is 137 Å². The van der Waals surface area contributed by atoms with E-state index < -0.39 is 0 Å². The molecule has 0 radical (unpaired) electrons. The van der Waals surface area contributed by atoms with Crippen LogP contribution in [0.5, 0.6) is 23.0 Å². The Balaban J connectivity index is 2.34. The first-order valence-electron chi connectivity index (χ1n) is 7.15. The molecular weight excluding hydrogens is 312 g/mol. The number of ether oxygens (including phenoxy) is 3. The molecule has 0 aliphatic rings. The van der Waals surface area contributed by atoms with Gasteiger partial charge in [0.2, 0.25) is 11.2 Å². The van der Waals surface area contributed by atoms with Crippen molar-refractivity contribution in [3.05, 3.63) is 46.6 Å². The molecule has 3 aromatic rings. The largest absolute Gasteiger partial charge is 0.508 e. The van der Waals surface area contributed by atoms with E-state index in [0.29, 0.717) is 28.0 Å². The number of benzene rings is 2. The van der Waals surface area contributed by atoms with E-state index in [1.807, 2.05) is 0 Å². The lowest BCUT2D eigenvalue weighted by Gasteiger charge is -2.12. The quantitative estimate of drug-likeness (QED) is 0.792. The summed E-state index contributed by atoms with van der Waals surface area (Å²) in [6.45, 7) is 0. The average molecular weight is 328 g/mol. The molecule has 0 fully saturated rings. The number of fused-ring (bicyclic) bond motifs is 1. The Hall–Kier alpha value is -3.15. The first-order valence-corrected chi connectivity index (χ1v) is 7.15. The third-order valence-electron chi connectivity index (χ3n) is 3.69. The number of rotatable bonds is 4. The summed E-state index contributed by atoms with van der Waals surface area (Å²) in [6, 6.07) is 9.45. The van der Waals surface area contributed by atoms with Gasteiger partial charge in [0.15, 0.2) is 17.3 Å². The molecule has 0 bridgehead atoms. The minimum absolute atomic E-state index is 0.0837. The fourth-order valence-electron chi connectivity index (χ4n) is 2.49. The lowest BCUT2D eigenvalue weighted by atomic mass is 10.1. The third-order valence-corrected chi connectivity index (χ3v) is 3.69. The van der Waals surface area contributed by atoms with Gasteiger partial charge < -0.3 is 23.7 Å². The molecule has 0 atom stereocenters. The summed E-state index contributed by atoms with van der Waals surface area (Å²) in [5.41, 5.74) is 0.641. The maximum Gasteiger partial charge on any atom is 0.235 e. The second-order valence-corrected chi connectivity index (χ2v) is 5.04. The van der Waals surface area contributed by atoms with E-state index in [-0.39, 0.29) is 22.7 Å². The molecule has 1 aromatic heterocycles. The zero-order valence-corrected chi connectivity index (χ0v) is 13.5. The summed E-state index contributed by atoms with van der Waals surface area (Å²) >= 11 is 0. The van der Waals surface area contributed by atoms with E-state index >= 15 is 0 Å². The summed E-state index contributed by atoms with van der Waals surface area (Å²) < 4.78 is 21.6. The molecule has 0 spiro atoms. The zero-order chi connectivity index (χ0) is 17.3. The van der Waals surface area contributed by atoms with Crippen molar-refractivity contribution in [2.24, 2.45) is 0 Å². The van der Waals surface area contributed by atoms with Crippen LogP contribution in [0.25, 0.3) is 22.3 Å². The third kappa shape index (κ3) is 2.52. The van der Waals surface area contributed by atoms with Crippen molar-refractivity contribution in [3.8, 4) is 34.3 Å². The average Bonchev–Trinajstić information content (AvgIpc) is 2.61. The Bertz CT molecular complexity index is 940. The first-order chi connectivity index (χ1) is 11.6. The summed E-state index contributed by atoms with van der Waals surface area (Å²) in [4.78, 5) is 12.8. The van der Waals surface area contributed by atoms with Gasteiger partial charge in [0.05, 0.1) is 26.7 Å². The van der Waals surface area contributed by atoms with Crippen LogP contribution in [-0.4, -0.2) is 26.4 Å². The highest BCUT2D eigenvalue weighted by molar-refractivity contribution is 5.85. The van der Waals surface area contributed by atoms with Gasteiger partial charge in [-0.15, -0.1) is 0 Å². The van der Waals surface area contributed by atoms with Gasteiger partial charge in [-0.05, 0) is 30.3 Å². The number of phenols is 1. The van der Waals surface area contributed by atoms with Crippen LogP contribution in [0.4, 0.5) is 0 Å². The van der Waals surface area contributed by atoms with Gasteiger partial charge in [-0.3, -0.25) is 4.79 Å². The van der Waals surface area contributed by atoms with Crippen LogP contribution < -0.4 is 19.6 Å². The topological polar surface area (TPSA) is 78.1 Å². The van der Waals surface area contributed by atoms with Crippen LogP contribution in [0.15, 0.2) is 45.6 Å². The predicted octanol–water partition coefficient (Wildman–Crippen LogP) is 3.19. The van der Waals surface area contributed by atoms with Crippen molar-refractivity contribution in [1.82, 2.24) is 0 Å². The molecular formula is C18H16O6. The number of phenolic OH excluding ortho intramolecular Hbond substituents is 1. The minimum atomic E-state index is -0.317. The smallest absolute Gasteiger partial charge is 0.235 e. The second kappa shape index (κ2) is 6.16. The summed E-state index contributed by atoms with van der Waals surface area (Å²) in [5, 5.41) is 9.75. The molecule has 0 aliphatic carbocycles. The van der Waals surface area contributed by atoms with Crippen LogP contribution in [0, 0.1) is 0 Å². The number of aromatic hydroxyl groups is 1. The molecule has 24 heavy (non-hydrogen) atoms. The van der Waals surface area contributed by atoms with E-state index in [0.717, 1.165) is 0 Å². The lowest BCUT2D eigenvalue weighted by molar-refractivity contribution is 0.354. The molecule has 6 heteroatoms. The van der Waals surface area contributed by atoms with E-state index in [1.54, 1.807) is 24.3 Å². The van der Waals surface area contributed by atoms with Gasteiger partial charge in [-0.2, -0.15) is 0 Å². The molecule has 124 valence electrons. The van der Waals surface area contributed by atoms with Crippen LogP contribution in [0.2, 0.25) is 0 Å². The highest BCUT2D eigenvalue weighted by atomic mass is 16.5. The normalized spacial score (nSPS) is 10.6. The van der Waals surface area contributed by atoms with Gasteiger partial charge in [0, 0.05) is 11.6 Å². The Morgan fingerprint density at radius 3 is 2.12 bits per heavy atom. The van der Waals surface area contributed by atoms with E-state index in [4.69, 9.17) is 18.6 Å². The monoisotopic (exact) mass is 328 g/mol. The van der Waals surface area contributed by atoms with Gasteiger partial charge in [0.1, 0.15) is 11.3 Å². The Kier molecular flexibility index (Phi) is 4.04. The Morgan fingerprint density at radius 2 is 1.54 bits per heavy atom. The molecule has 2 aromatic carbocycles. The maximum absolute atomic E-state index is 12.8. The van der Waals surface area contributed by atoms with Crippen molar-refractivity contribution >= 4 is 11.0 Å². The van der Waals surface area contributed by atoms with Gasteiger partial charge in [0.25, 0.3) is 0 Å². The summed E-state index contributed by atoms with van der Waals surface area (Å²) in [5.74, 6) is 1.36. The second-order valence-electron chi connectivity index (χ2n) is 5.04. The molecule has 0 amide bonds. The fraction of sp³-hybridized carbons (Fsp3) is 0.167. The zero-order valence-electron chi connectivity index (χ0n) is 13.5. The van der Waals surface area contributed by atoms with E-state index in [1.165, 1.54) is 33.5 Å². The SMILES string of the molecule is COc1cc2oc(-c3ccc(O)cc3)c(OC)c(=O)c2cc1OC. The summed E-state index contributed by atoms with van der Waals surface area (Å²) in [7, 11) is 4.41. The van der Waals surface area contributed by atoms with Crippen molar-refractivity contribution in [2.45, 2.75) is 0 Å². The van der Waals surface area contributed by atoms with Crippen molar-refractivity contribution < 1.29 is 23.7 Å². The molecule has 0 saturated heterocycles. The molecule has 3 rings (SSSR count). The number of hydrogen-bond donors (Lipinski definition) is 1. The molecule has 1 N–H and O–H groups in total.